The number of nitrogens with one attached hydrogen (secondary N) is 2. The fourth-order valence-corrected chi connectivity index (χ4v) is 2.46. The zero-order chi connectivity index (χ0) is 19.9. The Morgan fingerprint density at radius 3 is 2.44 bits per heavy atom. The van der Waals surface area contributed by atoms with E-state index in [9.17, 15) is 18.0 Å². The number of carbonyl (C=O) groups excluding carboxylic acids is 1. The van der Waals surface area contributed by atoms with E-state index in [4.69, 9.17) is 14.6 Å². The minimum absolute atomic E-state index is 0.194. The van der Waals surface area contributed by atoms with E-state index in [1.807, 2.05) is 30.3 Å². The Labute approximate surface area is 153 Å². The number of rotatable bonds is 4. The molecule has 3 rings (SSSR count). The molecule has 2 aromatic rings. The number of H-pyrrole nitrogens is 1. The van der Waals surface area contributed by atoms with E-state index in [2.05, 4.69) is 16.4 Å². The van der Waals surface area contributed by atoms with Gasteiger partial charge in [0.2, 0.25) is 0 Å². The number of carboxylic acids is 1. The highest BCUT2D eigenvalue weighted by atomic mass is 19.4. The SMILES string of the molecule is O=C(Cc1cc2c([nH]1)CCNC2)OCc1ccccc1.O=C(O)C(F)(F)F. The lowest BCUT2D eigenvalue weighted by Crippen LogP contribution is -2.22. The number of carboxylic acid groups (broad SMARTS) is 1. The van der Waals surface area contributed by atoms with Gasteiger partial charge >= 0.3 is 18.1 Å². The van der Waals surface area contributed by atoms with Gasteiger partial charge in [0.1, 0.15) is 6.61 Å². The molecule has 0 saturated carbocycles. The Hall–Kier alpha value is -2.81. The summed E-state index contributed by atoms with van der Waals surface area (Å²) in [6.07, 6.45) is -3.78. The number of carbonyl (C=O) groups is 2. The quantitative estimate of drug-likeness (QED) is 0.705. The fourth-order valence-electron chi connectivity index (χ4n) is 2.46. The molecule has 1 aliphatic rings. The van der Waals surface area contributed by atoms with Gasteiger partial charge in [-0.1, -0.05) is 30.3 Å². The maximum absolute atomic E-state index is 11.8. The van der Waals surface area contributed by atoms with Crippen molar-refractivity contribution in [3.05, 3.63) is 58.9 Å². The minimum Gasteiger partial charge on any atom is -0.475 e. The topological polar surface area (TPSA) is 91.4 Å². The van der Waals surface area contributed by atoms with Gasteiger partial charge in [-0.05, 0) is 17.2 Å². The Bertz CT molecular complexity index is 749. The van der Waals surface area contributed by atoms with Crippen LogP contribution in [0.25, 0.3) is 0 Å². The number of alkyl halides is 3. The van der Waals surface area contributed by atoms with E-state index in [0.29, 0.717) is 13.0 Å². The third kappa shape index (κ3) is 6.78. The summed E-state index contributed by atoms with van der Waals surface area (Å²) in [4.78, 5) is 24.1. The number of hydrogen-bond donors (Lipinski definition) is 3. The predicted molar refractivity (Wildman–Crippen MR) is 89.8 cm³/mol. The fraction of sp³-hybridized carbons (Fsp3) is 0.333. The van der Waals surface area contributed by atoms with Crippen molar-refractivity contribution < 1.29 is 32.6 Å². The average Bonchev–Trinajstić information content (AvgIpc) is 3.03. The molecular weight excluding hydrogens is 365 g/mol. The second-order valence-electron chi connectivity index (χ2n) is 5.85. The van der Waals surface area contributed by atoms with Gasteiger partial charge in [0.05, 0.1) is 6.42 Å². The molecular formula is C18H19F3N2O4. The van der Waals surface area contributed by atoms with Gasteiger partial charge in [-0.2, -0.15) is 13.2 Å². The van der Waals surface area contributed by atoms with Crippen LogP contribution in [0.4, 0.5) is 13.2 Å². The number of hydrogen-bond acceptors (Lipinski definition) is 4. The Kier molecular flexibility index (Phi) is 7.00. The number of esters is 1. The monoisotopic (exact) mass is 384 g/mol. The molecule has 27 heavy (non-hydrogen) atoms. The van der Waals surface area contributed by atoms with Crippen LogP contribution >= 0.6 is 0 Å². The summed E-state index contributed by atoms with van der Waals surface area (Å²) in [7, 11) is 0. The van der Waals surface area contributed by atoms with Crippen molar-refractivity contribution in [2.45, 2.75) is 32.2 Å². The normalized spacial score (nSPS) is 13.1. The number of aromatic amines is 1. The highest BCUT2D eigenvalue weighted by molar-refractivity contribution is 5.73. The lowest BCUT2D eigenvalue weighted by molar-refractivity contribution is -0.192. The molecule has 0 bridgehead atoms. The van der Waals surface area contributed by atoms with Gasteiger partial charge in [0, 0.05) is 30.9 Å². The van der Waals surface area contributed by atoms with Crippen LogP contribution in [0.5, 0.6) is 0 Å². The van der Waals surface area contributed by atoms with Crippen LogP contribution in [-0.2, 0) is 40.3 Å². The van der Waals surface area contributed by atoms with Crippen LogP contribution < -0.4 is 5.32 Å². The zero-order valence-electron chi connectivity index (χ0n) is 14.3. The van der Waals surface area contributed by atoms with Gasteiger partial charge in [-0.3, -0.25) is 4.79 Å². The van der Waals surface area contributed by atoms with Crippen molar-refractivity contribution in [2.24, 2.45) is 0 Å². The maximum atomic E-state index is 11.8. The van der Waals surface area contributed by atoms with Gasteiger partial charge in [-0.15, -0.1) is 0 Å². The van der Waals surface area contributed by atoms with Crippen molar-refractivity contribution in [3.63, 3.8) is 0 Å². The number of fused-ring (bicyclic) bond motifs is 1. The van der Waals surface area contributed by atoms with Crippen LogP contribution in [0.15, 0.2) is 36.4 Å². The molecule has 1 aromatic carbocycles. The molecule has 1 aliphatic heterocycles. The summed E-state index contributed by atoms with van der Waals surface area (Å²) >= 11 is 0. The molecule has 0 unspecified atom stereocenters. The number of aliphatic carboxylic acids is 1. The van der Waals surface area contributed by atoms with Gasteiger partial charge in [0.25, 0.3) is 0 Å². The summed E-state index contributed by atoms with van der Waals surface area (Å²) in [6, 6.07) is 11.8. The van der Waals surface area contributed by atoms with Crippen LogP contribution in [-0.4, -0.2) is 34.8 Å². The van der Waals surface area contributed by atoms with Crippen LogP contribution in [0.2, 0.25) is 0 Å². The lowest BCUT2D eigenvalue weighted by Gasteiger charge is -2.11. The molecule has 2 heterocycles. The number of aromatic nitrogens is 1. The molecule has 0 aliphatic carbocycles. The first-order chi connectivity index (χ1) is 12.8. The van der Waals surface area contributed by atoms with Crippen molar-refractivity contribution >= 4 is 11.9 Å². The third-order valence-corrected chi connectivity index (χ3v) is 3.73. The molecule has 0 amide bonds. The number of ether oxygens (including phenoxy) is 1. The summed E-state index contributed by atoms with van der Waals surface area (Å²) in [5.41, 5.74) is 4.46. The number of benzene rings is 1. The van der Waals surface area contributed by atoms with E-state index in [-0.39, 0.29) is 5.97 Å². The molecule has 3 N–H and O–H groups in total. The van der Waals surface area contributed by atoms with Crippen LogP contribution in [0.3, 0.4) is 0 Å². The van der Waals surface area contributed by atoms with Gasteiger partial charge in [0.15, 0.2) is 0 Å². The van der Waals surface area contributed by atoms with Crippen LogP contribution in [0, 0.1) is 0 Å². The Morgan fingerprint density at radius 1 is 1.19 bits per heavy atom. The highest BCUT2D eigenvalue weighted by Gasteiger charge is 2.38. The second-order valence-corrected chi connectivity index (χ2v) is 5.85. The van der Waals surface area contributed by atoms with Crippen molar-refractivity contribution in [3.8, 4) is 0 Å². The number of halogens is 3. The maximum Gasteiger partial charge on any atom is 0.490 e. The van der Waals surface area contributed by atoms with E-state index >= 15 is 0 Å². The molecule has 146 valence electrons. The van der Waals surface area contributed by atoms with E-state index < -0.39 is 12.1 Å². The van der Waals surface area contributed by atoms with E-state index in [1.54, 1.807) is 0 Å². The molecule has 1 aromatic heterocycles. The smallest absolute Gasteiger partial charge is 0.475 e. The molecule has 0 fully saturated rings. The zero-order valence-corrected chi connectivity index (χ0v) is 14.3. The third-order valence-electron chi connectivity index (χ3n) is 3.73. The van der Waals surface area contributed by atoms with Crippen molar-refractivity contribution in [2.75, 3.05) is 6.54 Å². The summed E-state index contributed by atoms with van der Waals surface area (Å²) in [5.74, 6) is -2.95. The van der Waals surface area contributed by atoms with Gasteiger partial charge in [-0.25, -0.2) is 4.79 Å². The first kappa shape index (κ1) is 20.5. The van der Waals surface area contributed by atoms with Crippen molar-refractivity contribution in [1.29, 1.82) is 0 Å². The van der Waals surface area contributed by atoms with E-state index in [1.165, 1.54) is 11.3 Å². The summed E-state index contributed by atoms with van der Waals surface area (Å²) in [5, 5.41) is 10.4. The highest BCUT2D eigenvalue weighted by Crippen LogP contribution is 2.16. The Morgan fingerprint density at radius 2 is 1.85 bits per heavy atom. The summed E-state index contributed by atoms with van der Waals surface area (Å²) in [6.45, 7) is 2.21. The molecule has 0 atom stereocenters. The Balaban J connectivity index is 0.000000321. The van der Waals surface area contributed by atoms with Gasteiger partial charge < -0.3 is 20.1 Å². The molecule has 0 radical (unpaired) electrons. The molecule has 0 spiro atoms. The molecule has 0 saturated heterocycles. The average molecular weight is 384 g/mol. The minimum atomic E-state index is -5.08. The first-order valence-electron chi connectivity index (χ1n) is 8.15. The predicted octanol–water partition coefficient (Wildman–Crippen LogP) is 2.58. The van der Waals surface area contributed by atoms with E-state index in [0.717, 1.165) is 30.8 Å². The second kappa shape index (κ2) is 9.22. The lowest BCUT2D eigenvalue weighted by atomic mass is 10.1. The standard InChI is InChI=1S/C16H18N2O2.C2HF3O2/c19-16(20-11-12-4-2-1-3-5-12)9-14-8-13-10-17-7-6-15(13)18-14;3-2(4,5)1(6)7/h1-5,8,17-18H,6-7,9-11H2;(H,6,7). The largest absolute Gasteiger partial charge is 0.490 e. The molecule has 9 heteroatoms. The first-order valence-corrected chi connectivity index (χ1v) is 8.15. The summed E-state index contributed by atoms with van der Waals surface area (Å²) < 4.78 is 37.0. The molecule has 6 nitrogen and oxygen atoms in total. The van der Waals surface area contributed by atoms with Crippen LogP contribution in [0.1, 0.15) is 22.5 Å². The van der Waals surface area contributed by atoms with Crippen molar-refractivity contribution in [1.82, 2.24) is 10.3 Å².